The van der Waals surface area contributed by atoms with Gasteiger partial charge in [-0.25, -0.2) is 0 Å². The maximum absolute atomic E-state index is 11.4. The van der Waals surface area contributed by atoms with Crippen LogP contribution in [0.1, 0.15) is 5.56 Å². The second-order valence-electron chi connectivity index (χ2n) is 5.61. The zero-order chi connectivity index (χ0) is 19.3. The van der Waals surface area contributed by atoms with Gasteiger partial charge in [-0.15, -0.1) is 11.3 Å². The van der Waals surface area contributed by atoms with Gasteiger partial charge in [-0.1, -0.05) is 12.1 Å². The summed E-state index contributed by atoms with van der Waals surface area (Å²) in [6.07, 6.45) is 3.16. The van der Waals surface area contributed by atoms with E-state index in [0.29, 0.717) is 11.5 Å². The Balaban J connectivity index is 0.000000299. The summed E-state index contributed by atoms with van der Waals surface area (Å²) < 4.78 is 43.2. The molecular formula is C18H17NO6S2. The molecule has 1 atom stereocenters. The second-order valence-corrected chi connectivity index (χ2v) is 7.74. The molecule has 3 heterocycles. The Morgan fingerprint density at radius 3 is 2.48 bits per heavy atom. The van der Waals surface area contributed by atoms with Crippen molar-refractivity contribution in [1.82, 2.24) is 4.98 Å². The van der Waals surface area contributed by atoms with Crippen LogP contribution in [0.2, 0.25) is 0 Å². The van der Waals surface area contributed by atoms with E-state index in [1.54, 1.807) is 17.8 Å². The number of aromatic hydroxyl groups is 1. The zero-order valence-corrected chi connectivity index (χ0v) is 15.7. The topological polar surface area (TPSA) is 106 Å². The summed E-state index contributed by atoms with van der Waals surface area (Å²) in [4.78, 5) is 3.47. The lowest BCUT2D eigenvalue weighted by Gasteiger charge is -2.25. The summed E-state index contributed by atoms with van der Waals surface area (Å²) in [6, 6.07) is 9.68. The van der Waals surface area contributed by atoms with Crippen LogP contribution in [0.15, 0.2) is 64.4 Å². The molecule has 1 unspecified atom stereocenters. The number of phenols is 1. The van der Waals surface area contributed by atoms with Gasteiger partial charge in [-0.2, -0.15) is 8.42 Å². The van der Waals surface area contributed by atoms with Crippen molar-refractivity contribution in [2.75, 3.05) is 6.61 Å². The molecule has 0 radical (unpaired) electrons. The molecule has 1 aliphatic rings. The summed E-state index contributed by atoms with van der Waals surface area (Å²) in [6.45, 7) is 0.239. The summed E-state index contributed by atoms with van der Waals surface area (Å²) >= 11 is 1.44. The average molecular weight is 407 g/mol. The van der Waals surface area contributed by atoms with E-state index in [1.807, 2.05) is 23.6 Å². The van der Waals surface area contributed by atoms with Gasteiger partial charge in [-0.05, 0) is 24.3 Å². The first-order chi connectivity index (χ1) is 12.9. The van der Waals surface area contributed by atoms with Gasteiger partial charge < -0.3 is 14.6 Å². The SMILES string of the molecule is O=S(=O)(O)c1cccc(O)c1CC1COc2cscc2O1.c1ccncc1. The molecule has 0 amide bonds. The number of nitrogens with zero attached hydrogens (tertiary/aromatic N) is 1. The monoisotopic (exact) mass is 407 g/mol. The predicted octanol–water partition coefficient (Wildman–Crippen LogP) is 3.16. The Hall–Kier alpha value is -2.62. The third kappa shape index (κ3) is 4.97. The quantitative estimate of drug-likeness (QED) is 0.642. The molecule has 1 aromatic carbocycles. The number of benzene rings is 1. The smallest absolute Gasteiger partial charge is 0.294 e. The third-order valence-electron chi connectivity index (χ3n) is 3.70. The lowest BCUT2D eigenvalue weighted by atomic mass is 10.1. The van der Waals surface area contributed by atoms with E-state index in [9.17, 15) is 18.1 Å². The summed E-state index contributed by atoms with van der Waals surface area (Å²) in [5.41, 5.74) is 0.118. The highest BCUT2D eigenvalue weighted by atomic mass is 32.2. The highest BCUT2D eigenvalue weighted by Gasteiger charge is 2.26. The second kappa shape index (κ2) is 8.38. The van der Waals surface area contributed by atoms with E-state index < -0.39 is 16.2 Å². The number of fused-ring (bicyclic) bond motifs is 1. The van der Waals surface area contributed by atoms with Gasteiger partial charge in [0, 0.05) is 35.1 Å². The Bertz CT molecular complexity index is 961. The fourth-order valence-corrected chi connectivity index (χ4v) is 3.92. The Morgan fingerprint density at radius 2 is 1.85 bits per heavy atom. The van der Waals surface area contributed by atoms with E-state index >= 15 is 0 Å². The molecule has 2 N–H and O–H groups in total. The number of ether oxygens (including phenoxy) is 2. The van der Waals surface area contributed by atoms with Gasteiger partial charge in [0.15, 0.2) is 11.5 Å². The van der Waals surface area contributed by atoms with Crippen LogP contribution in [0.3, 0.4) is 0 Å². The number of rotatable bonds is 3. The highest BCUT2D eigenvalue weighted by Crippen LogP contribution is 2.37. The minimum atomic E-state index is -4.41. The van der Waals surface area contributed by atoms with E-state index in [0.717, 1.165) is 0 Å². The van der Waals surface area contributed by atoms with Crippen molar-refractivity contribution in [2.45, 2.75) is 17.4 Å². The molecule has 0 aliphatic carbocycles. The van der Waals surface area contributed by atoms with E-state index in [2.05, 4.69) is 4.98 Å². The van der Waals surface area contributed by atoms with Crippen LogP contribution >= 0.6 is 11.3 Å². The molecule has 0 spiro atoms. The van der Waals surface area contributed by atoms with E-state index in [4.69, 9.17) is 9.47 Å². The lowest BCUT2D eigenvalue weighted by Crippen LogP contribution is -2.31. The van der Waals surface area contributed by atoms with Crippen LogP contribution < -0.4 is 9.47 Å². The maximum Gasteiger partial charge on any atom is 0.294 e. The molecule has 0 saturated carbocycles. The van der Waals surface area contributed by atoms with Crippen molar-refractivity contribution in [3.8, 4) is 17.2 Å². The largest absolute Gasteiger partial charge is 0.508 e. The van der Waals surface area contributed by atoms with Crippen LogP contribution in [-0.2, 0) is 16.5 Å². The molecule has 0 bridgehead atoms. The van der Waals surface area contributed by atoms with Gasteiger partial charge in [0.05, 0.1) is 0 Å². The van der Waals surface area contributed by atoms with Gasteiger partial charge in [0.25, 0.3) is 10.1 Å². The number of pyridine rings is 1. The number of thiophene rings is 1. The number of hydrogen-bond acceptors (Lipinski definition) is 7. The molecule has 4 rings (SSSR count). The molecule has 9 heteroatoms. The molecular weight excluding hydrogens is 390 g/mol. The predicted molar refractivity (Wildman–Crippen MR) is 100 cm³/mol. The average Bonchev–Trinajstić information content (AvgIpc) is 3.12. The Morgan fingerprint density at radius 1 is 1.11 bits per heavy atom. The first kappa shape index (κ1) is 19.2. The minimum Gasteiger partial charge on any atom is -0.508 e. The van der Waals surface area contributed by atoms with Crippen molar-refractivity contribution >= 4 is 21.5 Å². The van der Waals surface area contributed by atoms with Crippen LogP contribution in [0.5, 0.6) is 17.2 Å². The molecule has 0 fully saturated rings. The molecule has 0 saturated heterocycles. The molecule has 7 nitrogen and oxygen atoms in total. The van der Waals surface area contributed by atoms with Gasteiger partial charge in [0.1, 0.15) is 23.4 Å². The fraction of sp³-hybridized carbons (Fsp3) is 0.167. The normalized spacial score (nSPS) is 15.5. The van der Waals surface area contributed by atoms with Gasteiger partial charge in [-0.3, -0.25) is 9.54 Å². The van der Waals surface area contributed by atoms with Crippen molar-refractivity contribution in [3.63, 3.8) is 0 Å². The first-order valence-corrected chi connectivity index (χ1v) is 10.3. The Labute approximate surface area is 160 Å². The molecule has 142 valence electrons. The number of phenolic OH excluding ortho intramolecular Hbond substituents is 1. The van der Waals surface area contributed by atoms with E-state index in [1.165, 1.54) is 29.5 Å². The minimum absolute atomic E-state index is 0.108. The van der Waals surface area contributed by atoms with Crippen molar-refractivity contribution in [3.05, 3.63) is 65.1 Å². The summed E-state index contributed by atoms with van der Waals surface area (Å²) in [5.74, 6) is 1.05. The van der Waals surface area contributed by atoms with Crippen molar-refractivity contribution in [1.29, 1.82) is 0 Å². The number of aromatic nitrogens is 1. The third-order valence-corrected chi connectivity index (χ3v) is 5.33. The van der Waals surface area contributed by atoms with Crippen molar-refractivity contribution < 1.29 is 27.6 Å². The lowest BCUT2D eigenvalue weighted by molar-refractivity contribution is 0.0917. The number of hydrogen-bond donors (Lipinski definition) is 2. The molecule has 27 heavy (non-hydrogen) atoms. The van der Waals surface area contributed by atoms with Crippen LogP contribution in [-0.4, -0.2) is 35.8 Å². The first-order valence-electron chi connectivity index (χ1n) is 7.94. The van der Waals surface area contributed by atoms with Gasteiger partial charge >= 0.3 is 0 Å². The highest BCUT2D eigenvalue weighted by molar-refractivity contribution is 7.85. The van der Waals surface area contributed by atoms with E-state index in [-0.39, 0.29) is 29.2 Å². The van der Waals surface area contributed by atoms with Crippen LogP contribution in [0.4, 0.5) is 0 Å². The molecule has 3 aromatic rings. The summed E-state index contributed by atoms with van der Waals surface area (Å²) in [7, 11) is -4.41. The maximum atomic E-state index is 11.4. The fourth-order valence-electron chi connectivity index (χ4n) is 2.50. The van der Waals surface area contributed by atoms with Crippen LogP contribution in [0, 0.1) is 0 Å². The van der Waals surface area contributed by atoms with Crippen molar-refractivity contribution in [2.24, 2.45) is 0 Å². The Kier molecular flexibility index (Phi) is 5.94. The van der Waals surface area contributed by atoms with Gasteiger partial charge in [0.2, 0.25) is 0 Å². The zero-order valence-electron chi connectivity index (χ0n) is 14.1. The molecule has 2 aromatic heterocycles. The standard InChI is InChI=1S/C13H12O6S2.C5H5N/c14-10-2-1-3-13(21(15,16)17)9(10)4-8-5-18-11-6-20-7-12(11)19-8;1-2-4-6-5-3-1/h1-3,6-8,14H,4-5H2,(H,15,16,17);1-5H. The van der Waals surface area contributed by atoms with Crippen LogP contribution in [0.25, 0.3) is 0 Å². The summed E-state index contributed by atoms with van der Waals surface area (Å²) in [5, 5.41) is 13.5. The molecule has 1 aliphatic heterocycles.